The second-order valence-electron chi connectivity index (χ2n) is 17.7. The zero-order valence-corrected chi connectivity index (χ0v) is 39.9. The summed E-state index contributed by atoms with van der Waals surface area (Å²) in [6, 6.07) is 11.6. The molecule has 0 fully saturated rings. The number of carbonyl (C=O) groups is 7. The van der Waals surface area contributed by atoms with Crippen LogP contribution in [0.2, 0.25) is 0 Å². The van der Waals surface area contributed by atoms with Gasteiger partial charge in [0.2, 0.25) is 29.5 Å². The van der Waals surface area contributed by atoms with E-state index in [9.17, 15) is 52.2 Å². The molecule has 1 unspecified atom stereocenters. The summed E-state index contributed by atoms with van der Waals surface area (Å²) in [5, 5.41) is 34.0. The van der Waals surface area contributed by atoms with Crippen LogP contribution in [-0.2, 0) is 56.2 Å². The standard InChI is InChI=1S/C48H74N6O11S/c1-33(2)29-39(45(59)51-38(44(49)58)30-35-21-13-11-14-22-35)52-47(61)43(34(3)56)54-42(57)27-19-9-5-7-17-25-37(26-18-8-6-10-20-28-55)50-41(32-66(4,64)65)46(60)53-40(48(62)63)31-36-23-15-12-16-24-36/h11-16,21-24,28,33-34,37-41,43,50,56H,5-10,17-20,25-27,29-32H2,1-4H3,(H2,49,58)(H,51,59)(H,52,61)(H,53,60)(H,54,57)(H,62,63)/t34-,37?,38-,39-,40-,41-,43-/m0/s1. The van der Waals surface area contributed by atoms with Crippen LogP contribution >= 0.6 is 0 Å². The molecule has 5 amide bonds. The highest BCUT2D eigenvalue weighted by Crippen LogP contribution is 2.16. The molecule has 0 saturated heterocycles. The molecule has 0 radical (unpaired) electrons. The number of aliphatic hydroxyl groups excluding tert-OH is 1. The number of nitrogens with one attached hydrogen (secondary N) is 5. The maximum Gasteiger partial charge on any atom is 0.326 e. The number of hydrogen-bond donors (Lipinski definition) is 8. The monoisotopic (exact) mass is 943 g/mol. The molecule has 0 aromatic heterocycles. The molecule has 66 heavy (non-hydrogen) atoms. The molecular weight excluding hydrogens is 869 g/mol. The Morgan fingerprint density at radius 1 is 0.652 bits per heavy atom. The first-order valence-corrected chi connectivity index (χ1v) is 25.2. The van der Waals surface area contributed by atoms with Crippen molar-refractivity contribution in [1.82, 2.24) is 26.6 Å². The van der Waals surface area contributed by atoms with Crippen LogP contribution in [0.4, 0.5) is 0 Å². The maximum atomic E-state index is 13.5. The van der Waals surface area contributed by atoms with Gasteiger partial charge in [0.05, 0.1) is 11.9 Å². The van der Waals surface area contributed by atoms with Gasteiger partial charge in [-0.15, -0.1) is 0 Å². The van der Waals surface area contributed by atoms with Gasteiger partial charge in [-0.2, -0.15) is 0 Å². The zero-order chi connectivity index (χ0) is 49.1. The summed E-state index contributed by atoms with van der Waals surface area (Å²) in [6.45, 7) is 5.08. The van der Waals surface area contributed by atoms with E-state index >= 15 is 0 Å². The number of benzene rings is 2. The third kappa shape index (κ3) is 24.4. The van der Waals surface area contributed by atoms with E-state index in [1.807, 2.05) is 19.9 Å². The van der Waals surface area contributed by atoms with Crippen LogP contribution in [0.25, 0.3) is 0 Å². The van der Waals surface area contributed by atoms with Crippen LogP contribution in [0.5, 0.6) is 0 Å². The predicted molar refractivity (Wildman–Crippen MR) is 252 cm³/mol. The number of carbonyl (C=O) groups excluding carboxylic acids is 6. The van der Waals surface area contributed by atoms with Crippen LogP contribution in [0.15, 0.2) is 60.7 Å². The van der Waals surface area contributed by atoms with E-state index in [1.165, 1.54) is 6.92 Å². The molecule has 0 aliphatic carbocycles. The van der Waals surface area contributed by atoms with Crippen molar-refractivity contribution in [3.05, 3.63) is 71.8 Å². The molecule has 0 aliphatic rings. The van der Waals surface area contributed by atoms with Crippen molar-refractivity contribution >= 4 is 51.6 Å². The van der Waals surface area contributed by atoms with Gasteiger partial charge in [0.25, 0.3) is 0 Å². The summed E-state index contributed by atoms with van der Waals surface area (Å²) in [5.74, 6) is -5.10. The highest BCUT2D eigenvalue weighted by molar-refractivity contribution is 7.90. The van der Waals surface area contributed by atoms with E-state index < -0.39 is 87.4 Å². The van der Waals surface area contributed by atoms with Crippen molar-refractivity contribution in [2.75, 3.05) is 12.0 Å². The van der Waals surface area contributed by atoms with Gasteiger partial charge in [-0.25, -0.2) is 13.2 Å². The average Bonchev–Trinajstić information content (AvgIpc) is 3.25. The molecule has 2 rings (SSSR count). The number of carboxylic acids is 1. The Morgan fingerprint density at radius 3 is 1.64 bits per heavy atom. The van der Waals surface area contributed by atoms with Crippen molar-refractivity contribution < 1.29 is 52.2 Å². The fourth-order valence-electron chi connectivity index (χ4n) is 7.56. The van der Waals surface area contributed by atoms with Gasteiger partial charge in [-0.1, -0.05) is 119 Å². The maximum absolute atomic E-state index is 13.5. The first-order valence-electron chi connectivity index (χ1n) is 23.2. The highest BCUT2D eigenvalue weighted by atomic mass is 32.2. The van der Waals surface area contributed by atoms with E-state index in [4.69, 9.17) is 5.73 Å². The number of aldehydes is 1. The Hall–Kier alpha value is -5.20. The lowest BCUT2D eigenvalue weighted by Crippen LogP contribution is -2.59. The second-order valence-corrected chi connectivity index (χ2v) is 19.9. The number of aliphatic hydroxyl groups is 1. The van der Waals surface area contributed by atoms with Crippen molar-refractivity contribution in [3.63, 3.8) is 0 Å². The van der Waals surface area contributed by atoms with Gasteiger partial charge in [0.15, 0.2) is 0 Å². The summed E-state index contributed by atoms with van der Waals surface area (Å²) >= 11 is 0. The Bertz CT molecular complexity index is 1920. The number of nitrogens with two attached hydrogens (primary N) is 1. The van der Waals surface area contributed by atoms with Crippen molar-refractivity contribution in [1.29, 1.82) is 0 Å². The number of unbranched alkanes of at least 4 members (excludes halogenated alkanes) is 8. The van der Waals surface area contributed by atoms with Gasteiger partial charge in [0, 0.05) is 38.0 Å². The molecule has 0 heterocycles. The van der Waals surface area contributed by atoms with Crippen molar-refractivity contribution in [3.8, 4) is 0 Å². The first-order chi connectivity index (χ1) is 31.3. The SMILES string of the molecule is CC(C)C[C@H](NC(=O)[C@@H](NC(=O)CCCCCCCC(CCCCCCC=O)N[C@@H](CS(C)(=O)=O)C(=O)N[C@@H](Cc1ccccc1)C(=O)O)[C@H](C)O)C(=O)N[C@@H](Cc1ccccc1)C(N)=O. The Labute approximate surface area is 390 Å². The zero-order valence-electron chi connectivity index (χ0n) is 39.0. The molecular formula is C48H74N6O11S. The number of hydrogen-bond acceptors (Lipinski definition) is 11. The van der Waals surface area contributed by atoms with E-state index in [-0.39, 0.29) is 37.6 Å². The second kappa shape index (κ2) is 30.9. The molecule has 17 nitrogen and oxygen atoms in total. The summed E-state index contributed by atoms with van der Waals surface area (Å²) in [7, 11) is -3.66. The smallest absolute Gasteiger partial charge is 0.326 e. The van der Waals surface area contributed by atoms with E-state index in [0.29, 0.717) is 37.7 Å². The number of rotatable bonds is 35. The van der Waals surface area contributed by atoms with Gasteiger partial charge >= 0.3 is 5.97 Å². The molecule has 2 aromatic rings. The third-order valence-electron chi connectivity index (χ3n) is 11.1. The molecule has 0 spiro atoms. The summed E-state index contributed by atoms with van der Waals surface area (Å²) in [6.07, 6.45) is 9.39. The molecule has 7 atom stereocenters. The third-order valence-corrected chi connectivity index (χ3v) is 12.0. The minimum absolute atomic E-state index is 0.0200. The van der Waals surface area contributed by atoms with E-state index in [0.717, 1.165) is 63.1 Å². The van der Waals surface area contributed by atoms with Crippen LogP contribution in [0.3, 0.4) is 0 Å². The van der Waals surface area contributed by atoms with Crippen molar-refractivity contribution in [2.45, 2.75) is 166 Å². The normalized spacial score (nSPS) is 14.7. The lowest BCUT2D eigenvalue weighted by molar-refractivity contribution is -0.142. The number of primary amides is 1. The van der Waals surface area contributed by atoms with Crippen molar-refractivity contribution in [2.24, 2.45) is 11.7 Å². The molecule has 0 saturated carbocycles. The summed E-state index contributed by atoms with van der Waals surface area (Å²) in [4.78, 5) is 88.5. The molecule has 368 valence electrons. The molecule has 0 bridgehead atoms. The molecule has 0 aliphatic heterocycles. The lowest BCUT2D eigenvalue weighted by atomic mass is 9.99. The van der Waals surface area contributed by atoms with Crippen LogP contribution in [0, 0.1) is 5.92 Å². The van der Waals surface area contributed by atoms with E-state index in [1.54, 1.807) is 54.6 Å². The fraction of sp³-hybridized carbons (Fsp3) is 0.604. The number of aliphatic carboxylic acids is 1. The Balaban J connectivity index is 1.98. The van der Waals surface area contributed by atoms with Crippen LogP contribution in [0.1, 0.15) is 122 Å². The van der Waals surface area contributed by atoms with Gasteiger partial charge in [-0.3, -0.25) is 24.0 Å². The summed E-state index contributed by atoms with van der Waals surface area (Å²) < 4.78 is 25.0. The number of amides is 5. The predicted octanol–water partition coefficient (Wildman–Crippen LogP) is 3.05. The average molecular weight is 943 g/mol. The van der Waals surface area contributed by atoms with Gasteiger partial charge < -0.3 is 47.3 Å². The van der Waals surface area contributed by atoms with Crippen LogP contribution in [-0.4, -0.2) is 115 Å². The van der Waals surface area contributed by atoms with Gasteiger partial charge in [-0.05, 0) is 56.1 Å². The lowest BCUT2D eigenvalue weighted by Gasteiger charge is -2.27. The van der Waals surface area contributed by atoms with E-state index in [2.05, 4.69) is 26.6 Å². The quantitative estimate of drug-likeness (QED) is 0.0366. The molecule has 2 aromatic carbocycles. The largest absolute Gasteiger partial charge is 0.480 e. The number of sulfone groups is 1. The minimum atomic E-state index is -3.66. The van der Waals surface area contributed by atoms with Gasteiger partial charge in [0.1, 0.15) is 46.3 Å². The Morgan fingerprint density at radius 2 is 1.14 bits per heavy atom. The topological polar surface area (TPSA) is 280 Å². The Kier molecular flexibility index (Phi) is 26.7. The summed E-state index contributed by atoms with van der Waals surface area (Å²) in [5.41, 5.74) is 7.08. The fourth-order valence-corrected chi connectivity index (χ4v) is 8.41. The molecule has 9 N–H and O–H groups in total. The minimum Gasteiger partial charge on any atom is -0.480 e. The first kappa shape index (κ1) is 56.9. The number of carboxylic acid groups (broad SMARTS) is 1. The highest BCUT2D eigenvalue weighted by Gasteiger charge is 2.32. The van der Waals surface area contributed by atoms with Crippen LogP contribution < -0.4 is 32.3 Å². The molecule has 18 heteroatoms.